The number of hydrogen-bond donors (Lipinski definition) is 0. The van der Waals surface area contributed by atoms with Crippen LogP contribution in [0, 0.1) is 0 Å². The molecule has 0 saturated carbocycles. The zero-order valence-electron chi connectivity index (χ0n) is 23.5. The SMILES string of the molecule is CC.CC.CC.c1ccc2cc(-c3cc4c5ccccc5c5ccccc5c4c4ccccc34)ccc2c1. The van der Waals surface area contributed by atoms with Crippen LogP contribution in [0.2, 0.25) is 0 Å². The van der Waals surface area contributed by atoms with E-state index in [1.54, 1.807) is 0 Å². The first-order valence-corrected chi connectivity index (χ1v) is 14.1. The third-order valence-electron chi connectivity index (χ3n) is 6.81. The molecule has 0 heteroatoms. The van der Waals surface area contributed by atoms with Crippen LogP contribution < -0.4 is 0 Å². The summed E-state index contributed by atoms with van der Waals surface area (Å²) in [6.45, 7) is 12.0. The van der Waals surface area contributed by atoms with Crippen molar-refractivity contribution in [3.8, 4) is 11.1 Å². The Labute approximate surface area is 227 Å². The number of fused-ring (bicyclic) bond motifs is 9. The number of benzene rings is 7. The lowest BCUT2D eigenvalue weighted by molar-refractivity contribution is 1.50. The quantitative estimate of drug-likeness (QED) is 0.199. The second-order valence-corrected chi connectivity index (χ2v) is 8.55. The minimum Gasteiger partial charge on any atom is -0.0683 e. The molecule has 0 bridgehead atoms. The molecule has 0 amide bonds. The van der Waals surface area contributed by atoms with Gasteiger partial charge in [-0.05, 0) is 77.1 Å². The van der Waals surface area contributed by atoms with E-state index in [9.17, 15) is 0 Å². The first kappa shape index (κ1) is 26.9. The van der Waals surface area contributed by atoms with E-state index < -0.39 is 0 Å². The minimum atomic E-state index is 1.26. The Morgan fingerprint density at radius 2 is 0.737 bits per heavy atom. The summed E-state index contributed by atoms with van der Waals surface area (Å²) in [6.07, 6.45) is 0. The van der Waals surface area contributed by atoms with Gasteiger partial charge in [-0.3, -0.25) is 0 Å². The van der Waals surface area contributed by atoms with E-state index in [4.69, 9.17) is 0 Å². The lowest BCUT2D eigenvalue weighted by atomic mass is 9.87. The van der Waals surface area contributed by atoms with Gasteiger partial charge in [0.25, 0.3) is 0 Å². The third kappa shape index (κ3) is 4.63. The second-order valence-electron chi connectivity index (χ2n) is 8.55. The van der Waals surface area contributed by atoms with Gasteiger partial charge in [-0.25, -0.2) is 0 Å². The highest BCUT2D eigenvalue weighted by Crippen LogP contribution is 2.42. The van der Waals surface area contributed by atoms with Gasteiger partial charge in [0, 0.05) is 0 Å². The fraction of sp³-hybridized carbons (Fsp3) is 0.158. The zero-order valence-corrected chi connectivity index (χ0v) is 23.5. The Morgan fingerprint density at radius 3 is 1.34 bits per heavy atom. The van der Waals surface area contributed by atoms with Gasteiger partial charge in [-0.1, -0.05) is 151 Å². The van der Waals surface area contributed by atoms with Crippen molar-refractivity contribution in [3.05, 3.63) is 121 Å². The van der Waals surface area contributed by atoms with Gasteiger partial charge < -0.3 is 0 Å². The van der Waals surface area contributed by atoms with E-state index in [2.05, 4.69) is 121 Å². The van der Waals surface area contributed by atoms with Gasteiger partial charge in [0.1, 0.15) is 0 Å². The molecule has 0 spiro atoms. The normalized spacial score (nSPS) is 10.4. The molecule has 7 rings (SSSR count). The van der Waals surface area contributed by atoms with Crippen molar-refractivity contribution in [2.75, 3.05) is 0 Å². The number of rotatable bonds is 1. The molecule has 0 aliphatic rings. The molecule has 0 N–H and O–H groups in total. The summed E-state index contributed by atoms with van der Waals surface area (Å²) in [5.74, 6) is 0. The molecule has 190 valence electrons. The van der Waals surface area contributed by atoms with Gasteiger partial charge in [-0.2, -0.15) is 0 Å². The van der Waals surface area contributed by atoms with Crippen LogP contribution in [0.15, 0.2) is 121 Å². The summed E-state index contributed by atoms with van der Waals surface area (Å²) in [5, 5.41) is 13.1. The Balaban J connectivity index is 0.000000526. The predicted octanol–water partition coefficient (Wildman–Crippen LogP) is 12.2. The van der Waals surface area contributed by atoms with Crippen LogP contribution in [0.1, 0.15) is 41.5 Å². The zero-order chi connectivity index (χ0) is 27.1. The molecule has 0 saturated heterocycles. The molecular weight excluding hydrogens is 456 g/mol. The second kappa shape index (κ2) is 12.4. The molecule has 38 heavy (non-hydrogen) atoms. The van der Waals surface area contributed by atoms with Crippen LogP contribution in [0.3, 0.4) is 0 Å². The van der Waals surface area contributed by atoms with Crippen LogP contribution in [-0.2, 0) is 0 Å². The molecular formula is C38H38. The maximum absolute atomic E-state index is 2.41. The molecule has 0 aliphatic heterocycles. The van der Waals surface area contributed by atoms with Gasteiger partial charge in [0.15, 0.2) is 0 Å². The lowest BCUT2D eigenvalue weighted by Crippen LogP contribution is -1.88. The molecule has 0 fully saturated rings. The topological polar surface area (TPSA) is 0 Å². The third-order valence-corrected chi connectivity index (χ3v) is 6.81. The van der Waals surface area contributed by atoms with E-state index in [1.165, 1.54) is 65.0 Å². The van der Waals surface area contributed by atoms with Crippen LogP contribution in [0.4, 0.5) is 0 Å². The van der Waals surface area contributed by atoms with Gasteiger partial charge in [-0.15, -0.1) is 0 Å². The molecule has 0 heterocycles. The average molecular weight is 495 g/mol. The van der Waals surface area contributed by atoms with Crippen molar-refractivity contribution < 1.29 is 0 Å². The number of hydrogen-bond acceptors (Lipinski definition) is 0. The molecule has 0 nitrogen and oxygen atoms in total. The maximum atomic E-state index is 2.41. The maximum Gasteiger partial charge on any atom is -0.00199 e. The van der Waals surface area contributed by atoms with E-state index in [1.807, 2.05) is 41.5 Å². The van der Waals surface area contributed by atoms with Crippen molar-refractivity contribution in [2.45, 2.75) is 41.5 Å². The smallest absolute Gasteiger partial charge is 0.00199 e. The van der Waals surface area contributed by atoms with E-state index in [0.717, 1.165) is 0 Å². The standard InChI is InChI=1S/C32H20.3C2H6/c1-2-10-22-19-23(18-17-21(22)9-1)30-20-31-26-13-4-3-11-24(26)25-12-5-7-15-28(25)32(31)29-16-8-6-14-27(29)30;3*1-2/h1-20H;3*1-2H3. The summed E-state index contributed by atoms with van der Waals surface area (Å²) in [4.78, 5) is 0. The monoisotopic (exact) mass is 494 g/mol. The summed E-state index contributed by atoms with van der Waals surface area (Å²) in [7, 11) is 0. The van der Waals surface area contributed by atoms with Gasteiger partial charge >= 0.3 is 0 Å². The highest BCUT2D eigenvalue weighted by atomic mass is 14.2. The van der Waals surface area contributed by atoms with E-state index >= 15 is 0 Å². The van der Waals surface area contributed by atoms with Crippen molar-refractivity contribution in [2.24, 2.45) is 0 Å². The average Bonchev–Trinajstić information content (AvgIpc) is 3.03. The summed E-state index contributed by atoms with van der Waals surface area (Å²) in [5.41, 5.74) is 2.55. The highest BCUT2D eigenvalue weighted by Gasteiger charge is 2.14. The van der Waals surface area contributed by atoms with Crippen LogP contribution >= 0.6 is 0 Å². The molecule has 0 radical (unpaired) electrons. The fourth-order valence-electron chi connectivity index (χ4n) is 5.36. The first-order valence-electron chi connectivity index (χ1n) is 14.1. The summed E-state index contributed by atoms with van der Waals surface area (Å²) >= 11 is 0. The molecule has 0 aromatic heterocycles. The molecule has 7 aromatic rings. The molecule has 0 atom stereocenters. The molecule has 0 aliphatic carbocycles. The van der Waals surface area contributed by atoms with Crippen LogP contribution in [0.5, 0.6) is 0 Å². The Kier molecular flexibility index (Phi) is 8.77. The first-order chi connectivity index (χ1) is 18.9. The van der Waals surface area contributed by atoms with Crippen molar-refractivity contribution in [1.29, 1.82) is 0 Å². The predicted molar refractivity (Wildman–Crippen MR) is 173 cm³/mol. The Bertz CT molecular complexity index is 1820. The van der Waals surface area contributed by atoms with Gasteiger partial charge in [0.05, 0.1) is 0 Å². The highest BCUT2D eigenvalue weighted by molar-refractivity contribution is 6.33. The van der Waals surface area contributed by atoms with Crippen molar-refractivity contribution in [1.82, 2.24) is 0 Å². The minimum absolute atomic E-state index is 1.26. The summed E-state index contributed by atoms with van der Waals surface area (Å²) in [6, 6.07) is 44.3. The van der Waals surface area contributed by atoms with Gasteiger partial charge in [0.2, 0.25) is 0 Å². The fourth-order valence-corrected chi connectivity index (χ4v) is 5.36. The lowest BCUT2D eigenvalue weighted by Gasteiger charge is -2.16. The van der Waals surface area contributed by atoms with E-state index in [-0.39, 0.29) is 0 Å². The largest absolute Gasteiger partial charge is 0.0683 e. The molecule has 7 aromatic carbocycles. The van der Waals surface area contributed by atoms with Crippen LogP contribution in [0.25, 0.3) is 65.0 Å². The van der Waals surface area contributed by atoms with E-state index in [0.29, 0.717) is 0 Å². The Hall–Kier alpha value is -4.16. The molecule has 0 unspecified atom stereocenters. The van der Waals surface area contributed by atoms with Crippen LogP contribution in [-0.4, -0.2) is 0 Å². The van der Waals surface area contributed by atoms with Crippen molar-refractivity contribution >= 4 is 53.9 Å². The van der Waals surface area contributed by atoms with Crippen molar-refractivity contribution in [3.63, 3.8) is 0 Å². The Morgan fingerprint density at radius 1 is 0.316 bits per heavy atom. The summed E-state index contributed by atoms with van der Waals surface area (Å²) < 4.78 is 0.